The normalized spacial score (nSPS) is 11.9. The lowest BCUT2D eigenvalue weighted by Crippen LogP contribution is -2.34. The number of ether oxygens (including phenoxy) is 1. The van der Waals surface area contributed by atoms with Crippen LogP contribution in [0.3, 0.4) is 0 Å². The van der Waals surface area contributed by atoms with Crippen molar-refractivity contribution >= 4 is 5.91 Å². The standard InChI is InChI=1S/C11H20N2O2/c1-4-13(9-10(2)8-12)11(14)6-5-7-15-3/h10H,4-7,9H2,1-3H3. The number of nitrogens with zero attached hydrogens (tertiary/aromatic N) is 2. The lowest BCUT2D eigenvalue weighted by atomic mass is 10.2. The van der Waals surface area contributed by atoms with Gasteiger partial charge in [-0.05, 0) is 20.3 Å². The maximum atomic E-state index is 11.7. The third-order valence-electron chi connectivity index (χ3n) is 2.19. The Hall–Kier alpha value is -1.08. The van der Waals surface area contributed by atoms with E-state index in [0.29, 0.717) is 26.1 Å². The molecule has 0 radical (unpaired) electrons. The molecule has 1 amide bonds. The van der Waals surface area contributed by atoms with Crippen molar-refractivity contribution in [2.75, 3.05) is 26.8 Å². The molecule has 0 aromatic heterocycles. The van der Waals surface area contributed by atoms with Crippen molar-refractivity contribution in [2.24, 2.45) is 5.92 Å². The van der Waals surface area contributed by atoms with E-state index < -0.39 is 0 Å². The molecule has 0 bridgehead atoms. The first-order valence-electron chi connectivity index (χ1n) is 5.32. The highest BCUT2D eigenvalue weighted by Crippen LogP contribution is 2.03. The molecule has 0 saturated carbocycles. The molecule has 15 heavy (non-hydrogen) atoms. The molecule has 1 unspecified atom stereocenters. The van der Waals surface area contributed by atoms with Crippen LogP contribution in [0.1, 0.15) is 26.7 Å². The van der Waals surface area contributed by atoms with Gasteiger partial charge in [0.15, 0.2) is 0 Å². The van der Waals surface area contributed by atoms with Crippen molar-refractivity contribution in [1.29, 1.82) is 5.26 Å². The Bertz CT molecular complexity index is 223. The molecule has 4 heteroatoms. The van der Waals surface area contributed by atoms with Crippen molar-refractivity contribution in [3.63, 3.8) is 0 Å². The zero-order chi connectivity index (χ0) is 11.7. The van der Waals surface area contributed by atoms with E-state index in [9.17, 15) is 4.79 Å². The maximum absolute atomic E-state index is 11.7. The maximum Gasteiger partial charge on any atom is 0.222 e. The summed E-state index contributed by atoms with van der Waals surface area (Å²) in [6, 6.07) is 2.13. The minimum atomic E-state index is -0.101. The van der Waals surface area contributed by atoms with Crippen LogP contribution >= 0.6 is 0 Å². The van der Waals surface area contributed by atoms with Crippen molar-refractivity contribution in [3.05, 3.63) is 0 Å². The highest BCUT2D eigenvalue weighted by atomic mass is 16.5. The minimum absolute atomic E-state index is 0.101. The zero-order valence-corrected chi connectivity index (χ0v) is 9.82. The molecule has 0 aromatic rings. The Morgan fingerprint density at radius 1 is 1.60 bits per heavy atom. The number of methoxy groups -OCH3 is 1. The summed E-state index contributed by atoms with van der Waals surface area (Å²) < 4.78 is 4.88. The second-order valence-corrected chi connectivity index (χ2v) is 3.56. The Morgan fingerprint density at radius 2 is 2.27 bits per heavy atom. The Labute approximate surface area is 91.8 Å². The summed E-state index contributed by atoms with van der Waals surface area (Å²) in [5.41, 5.74) is 0. The van der Waals surface area contributed by atoms with Gasteiger partial charge in [-0.3, -0.25) is 4.79 Å². The second kappa shape index (κ2) is 8.25. The van der Waals surface area contributed by atoms with E-state index in [1.54, 1.807) is 12.0 Å². The van der Waals surface area contributed by atoms with Gasteiger partial charge >= 0.3 is 0 Å². The molecule has 0 aliphatic heterocycles. The Morgan fingerprint density at radius 3 is 2.73 bits per heavy atom. The summed E-state index contributed by atoms with van der Waals surface area (Å²) in [5, 5.41) is 8.67. The van der Waals surface area contributed by atoms with Crippen LogP contribution < -0.4 is 0 Å². The van der Waals surface area contributed by atoms with Crippen LogP contribution in [0, 0.1) is 17.2 Å². The van der Waals surface area contributed by atoms with Gasteiger partial charge in [0.2, 0.25) is 5.91 Å². The lowest BCUT2D eigenvalue weighted by Gasteiger charge is -2.21. The van der Waals surface area contributed by atoms with E-state index in [1.165, 1.54) is 0 Å². The minimum Gasteiger partial charge on any atom is -0.385 e. The fourth-order valence-electron chi connectivity index (χ4n) is 1.30. The van der Waals surface area contributed by atoms with Crippen LogP contribution in [0.2, 0.25) is 0 Å². The fourth-order valence-corrected chi connectivity index (χ4v) is 1.30. The average Bonchev–Trinajstić information content (AvgIpc) is 2.25. The van der Waals surface area contributed by atoms with Crippen molar-refractivity contribution in [2.45, 2.75) is 26.7 Å². The van der Waals surface area contributed by atoms with E-state index in [0.717, 1.165) is 6.42 Å². The van der Waals surface area contributed by atoms with Crippen LogP contribution in [-0.2, 0) is 9.53 Å². The summed E-state index contributed by atoms with van der Waals surface area (Å²) in [4.78, 5) is 13.4. The monoisotopic (exact) mass is 212 g/mol. The summed E-state index contributed by atoms with van der Waals surface area (Å²) in [7, 11) is 1.62. The third-order valence-corrected chi connectivity index (χ3v) is 2.19. The molecule has 0 aromatic carbocycles. The molecular weight excluding hydrogens is 192 g/mol. The lowest BCUT2D eigenvalue weighted by molar-refractivity contribution is -0.131. The van der Waals surface area contributed by atoms with Crippen LogP contribution in [-0.4, -0.2) is 37.6 Å². The van der Waals surface area contributed by atoms with Crippen molar-refractivity contribution in [3.8, 4) is 6.07 Å². The molecular formula is C11H20N2O2. The Kier molecular flexibility index (Phi) is 7.65. The highest BCUT2D eigenvalue weighted by molar-refractivity contribution is 5.76. The van der Waals surface area contributed by atoms with Gasteiger partial charge in [-0.2, -0.15) is 5.26 Å². The van der Waals surface area contributed by atoms with Gasteiger partial charge in [0.25, 0.3) is 0 Å². The van der Waals surface area contributed by atoms with Gasteiger partial charge < -0.3 is 9.64 Å². The summed E-state index contributed by atoms with van der Waals surface area (Å²) >= 11 is 0. The number of carbonyl (C=O) groups excluding carboxylic acids is 1. The van der Waals surface area contributed by atoms with Gasteiger partial charge in [-0.1, -0.05) is 0 Å². The smallest absolute Gasteiger partial charge is 0.222 e. The zero-order valence-electron chi connectivity index (χ0n) is 9.82. The van der Waals surface area contributed by atoms with E-state index in [2.05, 4.69) is 6.07 Å². The summed E-state index contributed by atoms with van der Waals surface area (Å²) in [6.45, 7) is 5.55. The van der Waals surface area contributed by atoms with Crippen molar-refractivity contribution in [1.82, 2.24) is 4.90 Å². The van der Waals surface area contributed by atoms with Crippen LogP contribution in [0.4, 0.5) is 0 Å². The van der Waals surface area contributed by atoms with E-state index in [-0.39, 0.29) is 11.8 Å². The van der Waals surface area contributed by atoms with Gasteiger partial charge in [0.1, 0.15) is 0 Å². The molecule has 0 heterocycles. The van der Waals surface area contributed by atoms with Crippen LogP contribution in [0.5, 0.6) is 0 Å². The number of carbonyl (C=O) groups is 1. The topological polar surface area (TPSA) is 53.3 Å². The van der Waals surface area contributed by atoms with Crippen LogP contribution in [0.25, 0.3) is 0 Å². The molecule has 0 spiro atoms. The Balaban J connectivity index is 3.94. The SMILES string of the molecule is CCN(CC(C)C#N)C(=O)CCCOC. The predicted octanol–water partition coefficient (Wildman–Crippen LogP) is 1.42. The number of hydrogen-bond donors (Lipinski definition) is 0. The predicted molar refractivity (Wildman–Crippen MR) is 58.1 cm³/mol. The number of hydrogen-bond acceptors (Lipinski definition) is 3. The highest BCUT2D eigenvalue weighted by Gasteiger charge is 2.13. The molecule has 4 nitrogen and oxygen atoms in total. The summed E-state index contributed by atoms with van der Waals surface area (Å²) in [5.74, 6) is 0.00738. The molecule has 0 saturated heterocycles. The molecule has 0 fully saturated rings. The quantitative estimate of drug-likeness (QED) is 0.600. The molecule has 0 rings (SSSR count). The van der Waals surface area contributed by atoms with Crippen LogP contribution in [0.15, 0.2) is 0 Å². The summed E-state index contributed by atoms with van der Waals surface area (Å²) in [6.07, 6.45) is 1.24. The number of rotatable bonds is 7. The molecule has 0 aliphatic rings. The largest absolute Gasteiger partial charge is 0.385 e. The van der Waals surface area contributed by atoms with E-state index >= 15 is 0 Å². The van der Waals surface area contributed by atoms with Crippen molar-refractivity contribution < 1.29 is 9.53 Å². The first kappa shape index (κ1) is 13.9. The molecule has 1 atom stereocenters. The van der Waals surface area contributed by atoms with E-state index in [1.807, 2.05) is 13.8 Å². The van der Waals surface area contributed by atoms with Gasteiger partial charge in [0.05, 0.1) is 12.0 Å². The molecule has 0 aliphatic carbocycles. The van der Waals surface area contributed by atoms with Gasteiger partial charge in [-0.15, -0.1) is 0 Å². The number of amides is 1. The van der Waals surface area contributed by atoms with E-state index in [4.69, 9.17) is 10.00 Å². The number of nitriles is 1. The molecule has 86 valence electrons. The van der Waals surface area contributed by atoms with Gasteiger partial charge in [0, 0.05) is 33.2 Å². The fraction of sp³-hybridized carbons (Fsp3) is 0.818. The average molecular weight is 212 g/mol. The third kappa shape index (κ3) is 6.08. The second-order valence-electron chi connectivity index (χ2n) is 3.56. The first-order valence-corrected chi connectivity index (χ1v) is 5.32. The first-order chi connectivity index (χ1) is 7.15. The molecule has 0 N–H and O–H groups in total. The van der Waals surface area contributed by atoms with Gasteiger partial charge in [-0.25, -0.2) is 0 Å².